The summed E-state index contributed by atoms with van der Waals surface area (Å²) >= 11 is 0. The number of allylic oxidation sites excluding steroid dienone is 14. The lowest BCUT2D eigenvalue weighted by atomic mass is 9.98. The molecule has 1 aliphatic rings. The molecule has 12 heteroatoms. The van der Waals surface area contributed by atoms with Crippen molar-refractivity contribution in [2.45, 2.75) is 250 Å². The number of ether oxygens (including phenoxy) is 5. The van der Waals surface area contributed by atoms with E-state index in [1.165, 1.54) is 19.3 Å². The molecule has 12 nitrogen and oxygen atoms in total. The number of hydrogen-bond donors (Lipinski definition) is 3. The van der Waals surface area contributed by atoms with Crippen LogP contribution in [0.15, 0.2) is 85.1 Å². The van der Waals surface area contributed by atoms with Crippen LogP contribution in [0.25, 0.3) is 0 Å². The Kier molecular flexibility index (Phi) is 42.9. The Labute approximate surface area is 429 Å². The molecule has 3 N–H and O–H groups in total. The third-order valence-electron chi connectivity index (χ3n) is 11.9. The van der Waals surface area contributed by atoms with Gasteiger partial charge in [-0.05, 0) is 109 Å². The summed E-state index contributed by atoms with van der Waals surface area (Å²) in [6, 6.07) is 0. The predicted molar refractivity (Wildman–Crippen MR) is 284 cm³/mol. The number of hydrogen-bond acceptors (Lipinski definition) is 11. The number of carboxylic acids is 1. The third-order valence-corrected chi connectivity index (χ3v) is 11.9. The zero-order valence-electron chi connectivity index (χ0n) is 44.2. The molecule has 0 aliphatic carbocycles. The number of carboxylic acid groups (broad SMARTS) is 1. The van der Waals surface area contributed by atoms with E-state index in [1.54, 1.807) is 0 Å². The Morgan fingerprint density at radius 1 is 0.479 bits per heavy atom. The van der Waals surface area contributed by atoms with E-state index in [-0.39, 0.29) is 25.9 Å². The number of aliphatic hydroxyl groups is 2. The van der Waals surface area contributed by atoms with Crippen LogP contribution in [-0.2, 0) is 42.9 Å². The highest BCUT2D eigenvalue weighted by atomic mass is 16.7. The van der Waals surface area contributed by atoms with E-state index in [9.17, 15) is 34.5 Å². The summed E-state index contributed by atoms with van der Waals surface area (Å²) in [5, 5.41) is 31.4. The first-order valence-corrected chi connectivity index (χ1v) is 27.6. The van der Waals surface area contributed by atoms with Crippen molar-refractivity contribution in [1.29, 1.82) is 0 Å². The van der Waals surface area contributed by atoms with E-state index in [0.717, 1.165) is 135 Å². The summed E-state index contributed by atoms with van der Waals surface area (Å²) in [7, 11) is 0. The van der Waals surface area contributed by atoms with Crippen LogP contribution in [0.2, 0.25) is 0 Å². The molecule has 404 valence electrons. The molecule has 0 aromatic rings. The largest absolute Gasteiger partial charge is 0.479 e. The zero-order valence-corrected chi connectivity index (χ0v) is 44.2. The molecular formula is C59H96O12. The number of carbonyl (C=O) groups excluding carboxylic acids is 3. The minimum Gasteiger partial charge on any atom is -0.479 e. The molecule has 1 aliphatic heterocycles. The summed E-state index contributed by atoms with van der Waals surface area (Å²) < 4.78 is 28.3. The second-order valence-corrected chi connectivity index (χ2v) is 18.5. The topological polar surface area (TPSA) is 175 Å². The predicted octanol–water partition coefficient (Wildman–Crippen LogP) is 13.6. The molecule has 0 amide bonds. The minimum absolute atomic E-state index is 0.0189. The highest BCUT2D eigenvalue weighted by Crippen LogP contribution is 2.26. The fraction of sp³-hybridized carbons (Fsp3) is 0.695. The van der Waals surface area contributed by atoms with Gasteiger partial charge in [-0.25, -0.2) is 4.79 Å². The molecule has 1 rings (SSSR count). The Balaban J connectivity index is 2.76. The number of unbranched alkanes of at least 4 members (excludes halogenated alkanes) is 17. The Morgan fingerprint density at radius 2 is 0.915 bits per heavy atom. The van der Waals surface area contributed by atoms with Gasteiger partial charge in [-0.1, -0.05) is 170 Å². The van der Waals surface area contributed by atoms with Crippen LogP contribution in [-0.4, -0.2) is 89.2 Å². The first-order valence-electron chi connectivity index (χ1n) is 27.6. The fourth-order valence-corrected chi connectivity index (χ4v) is 7.68. The molecule has 1 heterocycles. The number of rotatable bonds is 45. The first-order chi connectivity index (χ1) is 34.6. The second kappa shape index (κ2) is 46.9. The summed E-state index contributed by atoms with van der Waals surface area (Å²) in [5.41, 5.74) is 0. The summed E-state index contributed by atoms with van der Waals surface area (Å²) in [6.45, 7) is 5.72. The number of esters is 3. The van der Waals surface area contributed by atoms with Crippen LogP contribution in [0.4, 0.5) is 0 Å². The molecule has 1 saturated heterocycles. The zero-order chi connectivity index (χ0) is 51.8. The maximum absolute atomic E-state index is 13.1. The molecule has 1 fully saturated rings. The van der Waals surface area contributed by atoms with Gasteiger partial charge >= 0.3 is 23.9 Å². The van der Waals surface area contributed by atoms with Gasteiger partial charge < -0.3 is 39.0 Å². The smallest absolute Gasteiger partial charge is 0.335 e. The van der Waals surface area contributed by atoms with Gasteiger partial charge in [0.15, 0.2) is 24.6 Å². The van der Waals surface area contributed by atoms with E-state index < -0.39 is 67.3 Å². The van der Waals surface area contributed by atoms with E-state index >= 15 is 0 Å². The molecule has 0 aromatic heterocycles. The monoisotopic (exact) mass is 997 g/mol. The molecule has 0 aromatic carbocycles. The highest BCUT2D eigenvalue weighted by Gasteiger charge is 2.50. The van der Waals surface area contributed by atoms with Crippen LogP contribution in [0, 0.1) is 0 Å². The van der Waals surface area contributed by atoms with E-state index in [1.807, 2.05) is 0 Å². The fourth-order valence-electron chi connectivity index (χ4n) is 7.68. The lowest BCUT2D eigenvalue weighted by Gasteiger charge is -2.40. The quantitative estimate of drug-likeness (QED) is 0.0228. The van der Waals surface area contributed by atoms with Gasteiger partial charge in [-0.2, -0.15) is 0 Å². The summed E-state index contributed by atoms with van der Waals surface area (Å²) in [5.74, 6) is -3.21. The van der Waals surface area contributed by atoms with Gasteiger partial charge in [0.05, 0.1) is 6.61 Å². The molecule has 0 bridgehead atoms. The number of aliphatic carboxylic acids is 1. The van der Waals surface area contributed by atoms with Gasteiger partial charge in [0.25, 0.3) is 0 Å². The van der Waals surface area contributed by atoms with Crippen LogP contribution in [0.3, 0.4) is 0 Å². The number of aliphatic hydroxyl groups excluding tert-OH is 2. The van der Waals surface area contributed by atoms with E-state index in [2.05, 4.69) is 106 Å². The third kappa shape index (κ3) is 37.3. The maximum Gasteiger partial charge on any atom is 0.335 e. The second-order valence-electron chi connectivity index (χ2n) is 18.5. The van der Waals surface area contributed by atoms with Gasteiger partial charge in [-0.3, -0.25) is 14.4 Å². The highest BCUT2D eigenvalue weighted by molar-refractivity contribution is 5.74. The first kappa shape index (κ1) is 64.9. The normalized spacial score (nSPS) is 19.1. The van der Waals surface area contributed by atoms with E-state index in [0.29, 0.717) is 19.3 Å². The maximum atomic E-state index is 13.1. The van der Waals surface area contributed by atoms with Gasteiger partial charge in [0.1, 0.15) is 18.8 Å². The molecule has 0 spiro atoms. The Bertz CT molecular complexity index is 1560. The summed E-state index contributed by atoms with van der Waals surface area (Å²) in [6.07, 6.45) is 47.1. The number of carbonyl (C=O) groups is 4. The van der Waals surface area contributed by atoms with Crippen molar-refractivity contribution < 1.29 is 58.2 Å². The van der Waals surface area contributed by atoms with Gasteiger partial charge in [-0.15, -0.1) is 0 Å². The van der Waals surface area contributed by atoms with Crippen LogP contribution in [0.1, 0.15) is 213 Å². The molecule has 71 heavy (non-hydrogen) atoms. The molecule has 0 radical (unpaired) electrons. The van der Waals surface area contributed by atoms with E-state index in [4.69, 9.17) is 23.7 Å². The van der Waals surface area contributed by atoms with Crippen molar-refractivity contribution in [3.05, 3.63) is 85.1 Å². The van der Waals surface area contributed by atoms with Gasteiger partial charge in [0.2, 0.25) is 0 Å². The lowest BCUT2D eigenvalue weighted by molar-refractivity contribution is -0.301. The van der Waals surface area contributed by atoms with Crippen molar-refractivity contribution in [2.75, 3.05) is 13.2 Å². The molecule has 6 atom stereocenters. The standard InChI is InChI=1S/C59H96O12/c1-4-7-10-13-16-19-22-25-26-29-30-33-36-39-42-45-51(60)67-48-50(69-52(61)46-43-40-37-34-31-27-23-20-17-14-11-8-5-2)49-68-59-57(55(64)54(63)56(71-59)58(65)66)70-53(62)47-44-41-38-35-32-28-24-21-18-15-12-9-6-3/h9,11-12,14,16,18-21,23,25-26,28,32,50,54-57,59,63-64H,4-8,10,13,15,17,22,24,27,29-31,33-49H2,1-3H3,(H,65,66)/b12-9-,14-11-,19-16-,21-18-,23-20-,26-25-,32-28-. The van der Waals surface area contributed by atoms with Crippen molar-refractivity contribution in [2.24, 2.45) is 0 Å². The lowest BCUT2D eigenvalue weighted by Crippen LogP contribution is -2.61. The molecule has 6 unspecified atom stereocenters. The van der Waals surface area contributed by atoms with Crippen molar-refractivity contribution in [1.82, 2.24) is 0 Å². The van der Waals surface area contributed by atoms with Crippen LogP contribution < -0.4 is 0 Å². The van der Waals surface area contributed by atoms with Crippen molar-refractivity contribution in [3.63, 3.8) is 0 Å². The minimum atomic E-state index is -1.92. The van der Waals surface area contributed by atoms with Gasteiger partial charge in [0, 0.05) is 19.3 Å². The van der Waals surface area contributed by atoms with Crippen molar-refractivity contribution >= 4 is 23.9 Å². The average molecular weight is 997 g/mol. The Morgan fingerprint density at radius 3 is 1.42 bits per heavy atom. The Hall–Kier alpha value is -4.10. The van der Waals surface area contributed by atoms with Crippen LogP contribution >= 0.6 is 0 Å². The van der Waals surface area contributed by atoms with Crippen LogP contribution in [0.5, 0.6) is 0 Å². The molecular weight excluding hydrogens is 901 g/mol. The average Bonchev–Trinajstić information content (AvgIpc) is 3.35. The summed E-state index contributed by atoms with van der Waals surface area (Å²) in [4.78, 5) is 50.9. The SMILES string of the molecule is CC/C=C\C/C=C\C/C=C\CCCCCC(=O)OC1C(OCC(COC(=O)CCCCCCC/C=C\C/C=C\CCCCC)OC(=O)CCCCCCC/C=C\C/C=C\CCC)OC(C(=O)O)C(O)C1O. The van der Waals surface area contributed by atoms with Crippen molar-refractivity contribution in [3.8, 4) is 0 Å². The molecule has 0 saturated carbocycles.